The summed E-state index contributed by atoms with van der Waals surface area (Å²) in [6.45, 7) is -0.0936. The predicted octanol–water partition coefficient (Wildman–Crippen LogP) is 2.89. The number of nitrogens with zero attached hydrogens (tertiary/aromatic N) is 2. The molecule has 0 bridgehead atoms. The zero-order valence-electron chi connectivity index (χ0n) is 11.0. The van der Waals surface area contributed by atoms with Gasteiger partial charge in [-0.25, -0.2) is 4.39 Å². The standard InChI is InChI=1S/C13H11F2N3O3/c1-16-8-2-3-17-9(4-8)7-21-13-6-10(14)12(18(19)20)5-11(13)15/h2-6H,7H2,1H3,(H,16,17). The van der Waals surface area contributed by atoms with Gasteiger partial charge in [0.1, 0.15) is 6.61 Å². The maximum Gasteiger partial charge on any atom is 0.307 e. The molecule has 6 nitrogen and oxygen atoms in total. The number of anilines is 1. The van der Waals surface area contributed by atoms with Crippen LogP contribution in [-0.2, 0) is 6.61 Å². The van der Waals surface area contributed by atoms with Crippen LogP contribution in [0.5, 0.6) is 5.75 Å². The molecule has 0 radical (unpaired) electrons. The molecule has 8 heteroatoms. The van der Waals surface area contributed by atoms with Crippen LogP contribution in [0.2, 0.25) is 0 Å². The van der Waals surface area contributed by atoms with Gasteiger partial charge >= 0.3 is 5.69 Å². The molecule has 1 aromatic heterocycles. The van der Waals surface area contributed by atoms with Gasteiger partial charge in [0.2, 0.25) is 5.82 Å². The van der Waals surface area contributed by atoms with Crippen LogP contribution in [0.25, 0.3) is 0 Å². The van der Waals surface area contributed by atoms with E-state index in [1.165, 1.54) is 6.20 Å². The Hall–Kier alpha value is -2.77. The molecule has 1 heterocycles. The molecule has 1 aromatic carbocycles. The number of nitro groups is 1. The summed E-state index contributed by atoms with van der Waals surface area (Å²) in [5, 5.41) is 13.4. The molecule has 0 fully saturated rings. The number of aromatic nitrogens is 1. The van der Waals surface area contributed by atoms with Crippen LogP contribution in [-0.4, -0.2) is 17.0 Å². The van der Waals surface area contributed by atoms with E-state index in [2.05, 4.69) is 10.3 Å². The SMILES string of the molecule is CNc1ccnc(COc2cc(F)c([N+](=O)[O-])cc2F)c1. The molecule has 21 heavy (non-hydrogen) atoms. The Labute approximate surface area is 118 Å². The zero-order chi connectivity index (χ0) is 15.4. The van der Waals surface area contributed by atoms with Crippen molar-refractivity contribution in [3.63, 3.8) is 0 Å². The lowest BCUT2D eigenvalue weighted by Gasteiger charge is -2.08. The highest BCUT2D eigenvalue weighted by atomic mass is 19.1. The highest BCUT2D eigenvalue weighted by molar-refractivity contribution is 5.42. The van der Waals surface area contributed by atoms with Gasteiger partial charge in [0.05, 0.1) is 16.7 Å². The molecule has 0 spiro atoms. The zero-order valence-corrected chi connectivity index (χ0v) is 11.0. The molecule has 0 unspecified atom stereocenters. The van der Waals surface area contributed by atoms with E-state index < -0.39 is 28.0 Å². The average Bonchev–Trinajstić information content (AvgIpc) is 2.47. The van der Waals surface area contributed by atoms with Gasteiger partial charge in [0.15, 0.2) is 11.6 Å². The van der Waals surface area contributed by atoms with Crippen molar-refractivity contribution in [2.24, 2.45) is 0 Å². The van der Waals surface area contributed by atoms with Gasteiger partial charge in [0.25, 0.3) is 0 Å². The first kappa shape index (κ1) is 14.6. The molecule has 2 aromatic rings. The maximum atomic E-state index is 13.6. The Kier molecular flexibility index (Phi) is 4.27. The van der Waals surface area contributed by atoms with Crippen molar-refractivity contribution >= 4 is 11.4 Å². The predicted molar refractivity (Wildman–Crippen MR) is 71.1 cm³/mol. The van der Waals surface area contributed by atoms with E-state index in [0.29, 0.717) is 17.8 Å². The number of halogens is 2. The minimum atomic E-state index is -1.16. The molecule has 0 atom stereocenters. The highest BCUT2D eigenvalue weighted by Crippen LogP contribution is 2.26. The largest absolute Gasteiger partial charge is 0.484 e. The van der Waals surface area contributed by atoms with Crippen molar-refractivity contribution in [2.45, 2.75) is 6.61 Å². The lowest BCUT2D eigenvalue weighted by molar-refractivity contribution is -0.387. The number of hydrogen-bond acceptors (Lipinski definition) is 5. The van der Waals surface area contributed by atoms with Crippen molar-refractivity contribution in [3.8, 4) is 5.75 Å². The van der Waals surface area contributed by atoms with E-state index in [0.717, 1.165) is 5.69 Å². The van der Waals surface area contributed by atoms with Gasteiger partial charge in [-0.05, 0) is 12.1 Å². The fourth-order valence-electron chi connectivity index (χ4n) is 1.63. The molecule has 110 valence electrons. The molecule has 2 rings (SSSR count). The Morgan fingerprint density at radius 1 is 1.33 bits per heavy atom. The molecule has 0 aliphatic heterocycles. The minimum absolute atomic E-state index is 0.0936. The minimum Gasteiger partial charge on any atom is -0.484 e. The summed E-state index contributed by atoms with van der Waals surface area (Å²) in [6.07, 6.45) is 1.54. The number of ether oxygens (including phenoxy) is 1. The second-order valence-electron chi connectivity index (χ2n) is 4.07. The van der Waals surface area contributed by atoms with Gasteiger partial charge in [0, 0.05) is 25.0 Å². The Morgan fingerprint density at radius 2 is 2.10 bits per heavy atom. The summed E-state index contributed by atoms with van der Waals surface area (Å²) >= 11 is 0. The van der Waals surface area contributed by atoms with Crippen LogP contribution in [0.1, 0.15) is 5.69 Å². The number of nitrogens with one attached hydrogen (secondary N) is 1. The summed E-state index contributed by atoms with van der Waals surface area (Å²) < 4.78 is 32.1. The van der Waals surface area contributed by atoms with Crippen LogP contribution < -0.4 is 10.1 Å². The highest BCUT2D eigenvalue weighted by Gasteiger charge is 2.19. The van der Waals surface area contributed by atoms with Crippen molar-refractivity contribution in [1.82, 2.24) is 4.98 Å². The van der Waals surface area contributed by atoms with Gasteiger partial charge in [-0.1, -0.05) is 0 Å². The first-order valence-corrected chi connectivity index (χ1v) is 5.90. The maximum absolute atomic E-state index is 13.6. The third-order valence-electron chi connectivity index (χ3n) is 2.68. The van der Waals surface area contributed by atoms with Gasteiger partial charge in [-0.2, -0.15) is 4.39 Å². The van der Waals surface area contributed by atoms with Crippen molar-refractivity contribution in [3.05, 3.63) is 57.9 Å². The number of rotatable bonds is 5. The van der Waals surface area contributed by atoms with E-state index in [-0.39, 0.29) is 6.61 Å². The summed E-state index contributed by atoms with van der Waals surface area (Å²) in [7, 11) is 1.73. The van der Waals surface area contributed by atoms with Crippen LogP contribution >= 0.6 is 0 Å². The number of benzene rings is 1. The van der Waals surface area contributed by atoms with Crippen molar-refractivity contribution in [1.29, 1.82) is 0 Å². The Morgan fingerprint density at radius 3 is 2.76 bits per heavy atom. The molecule has 0 aliphatic carbocycles. The van der Waals surface area contributed by atoms with Crippen LogP contribution in [0.3, 0.4) is 0 Å². The Bertz CT molecular complexity index is 680. The second-order valence-corrected chi connectivity index (χ2v) is 4.07. The fraction of sp³-hybridized carbons (Fsp3) is 0.154. The first-order valence-electron chi connectivity index (χ1n) is 5.90. The fourth-order valence-corrected chi connectivity index (χ4v) is 1.63. The molecule has 0 amide bonds. The molecular weight excluding hydrogens is 284 g/mol. The Balaban J connectivity index is 2.16. The van der Waals surface area contributed by atoms with Crippen molar-refractivity contribution < 1.29 is 18.4 Å². The van der Waals surface area contributed by atoms with E-state index in [1.807, 2.05) is 0 Å². The monoisotopic (exact) mass is 295 g/mol. The molecular formula is C13H11F2N3O3. The molecule has 1 N–H and O–H groups in total. The summed E-state index contributed by atoms with van der Waals surface area (Å²) in [5.74, 6) is -2.57. The summed E-state index contributed by atoms with van der Waals surface area (Å²) in [6, 6.07) is 4.55. The van der Waals surface area contributed by atoms with E-state index in [9.17, 15) is 18.9 Å². The molecule has 0 saturated carbocycles. The quantitative estimate of drug-likeness (QED) is 0.678. The summed E-state index contributed by atoms with van der Waals surface area (Å²) in [4.78, 5) is 13.5. The average molecular weight is 295 g/mol. The van der Waals surface area contributed by atoms with E-state index in [4.69, 9.17) is 4.74 Å². The third-order valence-corrected chi connectivity index (χ3v) is 2.68. The van der Waals surface area contributed by atoms with Crippen LogP contribution in [0.4, 0.5) is 20.2 Å². The van der Waals surface area contributed by atoms with Gasteiger partial charge in [-0.15, -0.1) is 0 Å². The molecule has 0 saturated heterocycles. The van der Waals surface area contributed by atoms with Crippen molar-refractivity contribution in [2.75, 3.05) is 12.4 Å². The van der Waals surface area contributed by atoms with E-state index in [1.54, 1.807) is 19.2 Å². The van der Waals surface area contributed by atoms with Crippen LogP contribution in [0, 0.1) is 21.7 Å². The third kappa shape index (κ3) is 3.41. The van der Waals surface area contributed by atoms with E-state index >= 15 is 0 Å². The normalized spacial score (nSPS) is 10.2. The lowest BCUT2D eigenvalue weighted by Crippen LogP contribution is -2.02. The smallest absolute Gasteiger partial charge is 0.307 e. The number of pyridine rings is 1. The number of hydrogen-bond donors (Lipinski definition) is 1. The van der Waals surface area contributed by atoms with Crippen LogP contribution in [0.15, 0.2) is 30.5 Å². The number of nitro benzene ring substituents is 1. The first-order chi connectivity index (χ1) is 10.0. The summed E-state index contributed by atoms with van der Waals surface area (Å²) in [5.41, 5.74) is 0.356. The second kappa shape index (κ2) is 6.12. The molecule has 0 aliphatic rings. The topological polar surface area (TPSA) is 77.3 Å². The van der Waals surface area contributed by atoms with Gasteiger partial charge in [-0.3, -0.25) is 15.1 Å². The lowest BCUT2D eigenvalue weighted by atomic mass is 10.2. The van der Waals surface area contributed by atoms with Gasteiger partial charge < -0.3 is 10.1 Å².